The third-order valence-corrected chi connectivity index (χ3v) is 22.5. The first kappa shape index (κ1) is 70.6. The smallest absolute Gasteiger partial charge is 0.306 e. The van der Waals surface area contributed by atoms with Crippen LogP contribution in [0.3, 0.4) is 0 Å². The predicted octanol–water partition coefficient (Wildman–Crippen LogP) is 3.95. The van der Waals surface area contributed by atoms with Crippen LogP contribution in [0, 0.1) is 51.4 Å². The van der Waals surface area contributed by atoms with Crippen molar-refractivity contribution in [1.29, 1.82) is 0 Å². The van der Waals surface area contributed by atoms with Crippen molar-refractivity contribution in [2.75, 3.05) is 54.5 Å². The number of ketones is 1. The van der Waals surface area contributed by atoms with E-state index in [2.05, 4.69) is 39.5 Å². The van der Waals surface area contributed by atoms with E-state index in [0.717, 1.165) is 16.7 Å². The summed E-state index contributed by atoms with van der Waals surface area (Å²) in [6.07, 6.45) is -10.1. The lowest BCUT2D eigenvalue weighted by Crippen LogP contribution is -2.69. The molecule has 1 aromatic carbocycles. The van der Waals surface area contributed by atoms with Crippen molar-refractivity contribution in [2.45, 2.75) is 187 Å². The van der Waals surface area contributed by atoms with Gasteiger partial charge in [-0.3, -0.25) is 24.2 Å². The number of carbonyl (C=O) groups is 3. The molecule has 494 valence electrons. The number of esters is 1. The molecule has 90 heavy (non-hydrogen) atoms. The minimum absolute atomic E-state index is 0.0318. The molecule has 1 spiro atoms. The summed E-state index contributed by atoms with van der Waals surface area (Å²) in [5, 5.41) is 61.2. The molecule has 24 nitrogen and oxygen atoms in total. The molecule has 7 aliphatic rings. The van der Waals surface area contributed by atoms with E-state index >= 15 is 0 Å². The summed E-state index contributed by atoms with van der Waals surface area (Å²) in [5.74, 6) is 10.3. The van der Waals surface area contributed by atoms with Gasteiger partial charge >= 0.3 is 5.97 Å². The lowest BCUT2D eigenvalue weighted by molar-refractivity contribution is -0.342. The maximum absolute atomic E-state index is 14.5. The average molecular weight is 1430 g/mol. The first-order valence-electron chi connectivity index (χ1n) is 29.7. The molecule has 0 radical (unpaired) electrons. The number of aliphatic hydroxyl groups is 5. The van der Waals surface area contributed by atoms with Crippen molar-refractivity contribution in [3.05, 3.63) is 62.5 Å². The van der Waals surface area contributed by atoms with Crippen molar-refractivity contribution >= 4 is 72.8 Å². The van der Waals surface area contributed by atoms with Gasteiger partial charge in [0.25, 0.3) is 0 Å². The fourth-order valence-electron chi connectivity index (χ4n) is 13.0. The number of nitrogens with zero attached hydrogens (tertiary/aromatic N) is 1. The summed E-state index contributed by atoms with van der Waals surface area (Å²) in [6, 6.07) is 2.53. The van der Waals surface area contributed by atoms with Crippen LogP contribution >= 0.6 is 55.9 Å². The van der Waals surface area contributed by atoms with Gasteiger partial charge in [0.15, 0.2) is 30.4 Å². The first-order valence-corrected chi connectivity index (χ1v) is 33.9. The van der Waals surface area contributed by atoms with Crippen molar-refractivity contribution in [1.82, 2.24) is 15.8 Å². The van der Waals surface area contributed by atoms with E-state index in [1.165, 1.54) is 50.0 Å². The van der Waals surface area contributed by atoms with E-state index in [-0.39, 0.29) is 73.0 Å². The Morgan fingerprint density at radius 1 is 0.889 bits per heavy atom. The predicted molar refractivity (Wildman–Crippen MR) is 337 cm³/mol. The Hall–Kier alpha value is -3.68. The standard InChI is InChI=1S/C62H80IN3O21S3/c1-12-65-37-28-80-43(26-41(37)75-7)85-55-50(71)48(66-87-44-25-38(67)57(33(6)81-44)89-58(73)45-30(3)47(63)53(56(79-11)52(45)77-9)86-59-51(72)54(78-10)49(70)32(5)83-59)31(4)82-60(55)84-40-15-13-14-29(2)16-20-61-36(24-42(69)76-8)39(68)27-62(61,74)35(46(40)61)19-23-88-90-34-17-21-64-22-18-34/h14,17-19,21-22,31-33,36-38,40-41,43-44,46,48-51,54-55,57,59-60,65-67,70-72,74H,12,23-28H2,1-11H3/b29-14-,35-19+/t31-,32+,33-,36?,37+,38+,40+,41+,43+,44+,46?,48-,49+,50+,51-,54-,55-,57-,59+,60+,61?,62+/m1/s1. The minimum Gasteiger partial charge on any atom is -0.492 e. The van der Waals surface area contributed by atoms with Gasteiger partial charge in [-0.15, -0.1) is 0 Å². The van der Waals surface area contributed by atoms with Crippen LogP contribution in [0.1, 0.15) is 76.2 Å². The molecule has 5 heterocycles. The number of benzene rings is 1. The van der Waals surface area contributed by atoms with Crippen LogP contribution in [0.15, 0.2) is 52.7 Å². The second-order valence-electron chi connectivity index (χ2n) is 23.0. The number of allylic oxidation sites excluding steroid dienone is 2. The van der Waals surface area contributed by atoms with E-state index in [4.69, 9.17) is 61.7 Å². The fraction of sp³-hybridized carbons (Fsp3) is 0.645. The number of aromatic nitrogens is 1. The van der Waals surface area contributed by atoms with Gasteiger partial charge in [-0.2, -0.15) is 5.48 Å². The zero-order valence-corrected chi connectivity index (χ0v) is 56.4. The molecule has 2 aromatic rings. The second kappa shape index (κ2) is 30.8. The van der Waals surface area contributed by atoms with Crippen LogP contribution in [0.2, 0.25) is 0 Å². The lowest BCUT2D eigenvalue weighted by atomic mass is 9.44. The van der Waals surface area contributed by atoms with Crippen LogP contribution in [-0.4, -0.2) is 217 Å². The molecule has 7 N–H and O–H groups in total. The molecule has 2 saturated carbocycles. The van der Waals surface area contributed by atoms with E-state index < -0.39 is 131 Å². The summed E-state index contributed by atoms with van der Waals surface area (Å²) >= 11 is 2.84. The third kappa shape index (κ3) is 14.3. The van der Waals surface area contributed by atoms with Crippen LogP contribution < -0.4 is 25.0 Å². The van der Waals surface area contributed by atoms with Crippen molar-refractivity contribution in [2.24, 2.45) is 17.3 Å². The fourth-order valence-corrected chi connectivity index (χ4v) is 16.6. The summed E-state index contributed by atoms with van der Waals surface area (Å²) in [6.45, 7) is 11.3. The van der Waals surface area contributed by atoms with Crippen LogP contribution in [-0.2, 0) is 57.1 Å². The minimum atomic E-state index is -1.82. The summed E-state index contributed by atoms with van der Waals surface area (Å²) in [4.78, 5) is 53.2. The maximum Gasteiger partial charge on any atom is 0.306 e. The molecular formula is C62H80IN3O21S3. The van der Waals surface area contributed by atoms with Gasteiger partial charge in [0.2, 0.25) is 17.2 Å². The number of likely N-dealkylation sites (N-methyl/N-ethyl adjacent to an activating group) is 1. The summed E-state index contributed by atoms with van der Waals surface area (Å²) in [7, 11) is 9.93. The van der Waals surface area contributed by atoms with Gasteiger partial charge in [-0.25, -0.2) is 0 Å². The Bertz CT molecular complexity index is 3080. The maximum atomic E-state index is 14.5. The van der Waals surface area contributed by atoms with Gasteiger partial charge in [-0.05, 0) is 93.1 Å². The molecule has 3 aliphatic carbocycles. The Labute approximate surface area is 549 Å². The summed E-state index contributed by atoms with van der Waals surface area (Å²) in [5.41, 5.74) is 1.10. The highest BCUT2D eigenvalue weighted by molar-refractivity contribution is 14.1. The number of methoxy groups -OCH3 is 5. The molecule has 4 aliphatic heterocycles. The number of pyridine rings is 1. The topological polar surface area (TPSA) is 309 Å². The molecular weight excluding hydrogens is 1350 g/mol. The third-order valence-electron chi connectivity index (χ3n) is 17.6. The number of halogens is 1. The second-order valence-corrected chi connectivity index (χ2v) is 27.6. The number of hydrogen-bond acceptors (Lipinski definition) is 27. The van der Waals surface area contributed by atoms with Crippen LogP contribution in [0.25, 0.3) is 0 Å². The number of nitrogens with one attached hydrogen (secondary N) is 2. The zero-order chi connectivity index (χ0) is 64.9. The first-order chi connectivity index (χ1) is 43.1. The molecule has 0 bridgehead atoms. The van der Waals surface area contributed by atoms with Gasteiger partial charge in [-0.1, -0.05) is 70.0 Å². The number of hydrogen-bond donors (Lipinski definition) is 7. The Morgan fingerprint density at radius 2 is 1.62 bits per heavy atom. The number of hydroxylamine groups is 1. The molecule has 9 rings (SSSR count). The highest BCUT2D eigenvalue weighted by atomic mass is 127. The number of Topliss-reactive ketones (excluding diaryl/α,β-unsaturated/α-hetero) is 1. The normalized spacial score (nSPS) is 38.3. The van der Waals surface area contributed by atoms with Crippen LogP contribution in [0.4, 0.5) is 0 Å². The molecule has 6 fully saturated rings. The summed E-state index contributed by atoms with van der Waals surface area (Å²) < 4.78 is 73.5. The lowest BCUT2D eigenvalue weighted by Gasteiger charge is -2.60. The van der Waals surface area contributed by atoms with Gasteiger partial charge in [0.1, 0.15) is 48.0 Å². The quantitative estimate of drug-likeness (QED) is 0.0158. The van der Waals surface area contributed by atoms with E-state index in [0.29, 0.717) is 32.6 Å². The Balaban J connectivity index is 0.947. The number of ether oxygens (including phenoxy) is 12. The largest absolute Gasteiger partial charge is 0.492 e. The number of thioether (sulfide) groups is 1. The van der Waals surface area contributed by atoms with Gasteiger partial charge in [0.05, 0.1) is 96.8 Å². The van der Waals surface area contributed by atoms with Crippen molar-refractivity contribution in [3.8, 4) is 40.9 Å². The van der Waals surface area contributed by atoms with E-state index in [1.54, 1.807) is 60.2 Å². The highest BCUT2D eigenvalue weighted by Crippen LogP contribution is 2.70. The monoisotopic (exact) mass is 1430 g/mol. The van der Waals surface area contributed by atoms with E-state index in [9.17, 15) is 39.9 Å². The SMILES string of the molecule is CCN[C@H]1CO[C@@H](O[C@H]2[C@H](O[C@H]3C#C/C=C(/C)C#CC45C(CC(=O)OC)C(=O)C[C@]4(O)/C(=C/CSSc4ccncc4)C35)O[C@H](C)[C@@H](NO[C@H]3C[C@H](O)[C@H](SC(=O)c4c(C)c(I)c(O[C@@H]5O[C@@H](C)[C@H](O)[C@@H](OC)[C@H]5O)c(OC)c4OC)[C@@H](C)O3)[C@@H]2O)C[C@@H]1OC. The van der Waals surface area contributed by atoms with Gasteiger partial charge < -0.3 is 87.7 Å². The van der Waals surface area contributed by atoms with Crippen LogP contribution in [0.5, 0.6) is 17.2 Å². The Kier molecular flexibility index (Phi) is 24.2. The molecule has 0 amide bonds. The molecule has 22 atom stereocenters. The van der Waals surface area contributed by atoms with Crippen molar-refractivity contribution in [3.63, 3.8) is 0 Å². The number of rotatable bonds is 23. The average Bonchev–Trinajstić information content (AvgIpc) is 1.41. The van der Waals surface area contributed by atoms with Gasteiger partial charge in [0, 0.05) is 73.9 Å². The number of carbonyl (C=O) groups excluding carboxylic acids is 3. The molecule has 3 unspecified atom stereocenters. The Morgan fingerprint density at radius 3 is 2.30 bits per heavy atom. The zero-order valence-electron chi connectivity index (χ0n) is 51.8. The van der Waals surface area contributed by atoms with E-state index in [1.807, 2.05) is 47.7 Å². The highest BCUT2D eigenvalue weighted by Gasteiger charge is 2.78. The number of aliphatic hydroxyl groups excluding tert-OH is 4. The molecule has 28 heteroatoms. The van der Waals surface area contributed by atoms with Crippen molar-refractivity contribution < 1.29 is 102 Å². The molecule has 1 aromatic heterocycles. The molecule has 4 saturated heterocycles.